The number of carbonyl (C=O) groups is 2. The van der Waals surface area contributed by atoms with Crippen LogP contribution in [0.15, 0.2) is 54.6 Å². The molecule has 24 heavy (non-hydrogen) atoms. The second kappa shape index (κ2) is 8.72. The van der Waals surface area contributed by atoms with Crippen LogP contribution in [0.3, 0.4) is 0 Å². The standard InChI is InChI=1S/C19H21NO4/c1-20(13-7-12-19(22)23)18(21)14-24-17-11-6-5-10-16(17)15-8-3-2-4-9-15/h2-6,8-11H,7,12-14H2,1H3,(H,22,23). The minimum atomic E-state index is -0.858. The molecule has 0 heterocycles. The van der Waals surface area contributed by atoms with Gasteiger partial charge in [0.05, 0.1) is 0 Å². The van der Waals surface area contributed by atoms with Crippen LogP contribution in [0.2, 0.25) is 0 Å². The lowest BCUT2D eigenvalue weighted by atomic mass is 10.1. The summed E-state index contributed by atoms with van der Waals surface area (Å²) >= 11 is 0. The third-order valence-corrected chi connectivity index (χ3v) is 3.63. The fourth-order valence-corrected chi connectivity index (χ4v) is 2.29. The Balaban J connectivity index is 1.95. The van der Waals surface area contributed by atoms with Gasteiger partial charge in [0.2, 0.25) is 0 Å². The van der Waals surface area contributed by atoms with E-state index in [2.05, 4.69) is 0 Å². The Morgan fingerprint density at radius 1 is 1.04 bits per heavy atom. The van der Waals surface area contributed by atoms with Crippen molar-refractivity contribution < 1.29 is 19.4 Å². The number of rotatable bonds is 8. The highest BCUT2D eigenvalue weighted by Crippen LogP contribution is 2.29. The van der Waals surface area contributed by atoms with E-state index in [1.165, 1.54) is 4.90 Å². The molecule has 2 rings (SSSR count). The Morgan fingerprint density at radius 2 is 1.71 bits per heavy atom. The number of amides is 1. The summed E-state index contributed by atoms with van der Waals surface area (Å²) in [5, 5.41) is 8.63. The van der Waals surface area contributed by atoms with Crippen LogP contribution in [0.25, 0.3) is 11.1 Å². The molecule has 0 unspecified atom stereocenters. The first-order valence-corrected chi connectivity index (χ1v) is 7.81. The highest BCUT2D eigenvalue weighted by molar-refractivity contribution is 5.78. The number of ether oxygens (including phenoxy) is 1. The molecule has 0 spiro atoms. The Bertz CT molecular complexity index is 685. The smallest absolute Gasteiger partial charge is 0.303 e. The van der Waals surface area contributed by atoms with E-state index in [0.717, 1.165) is 11.1 Å². The summed E-state index contributed by atoms with van der Waals surface area (Å²) in [4.78, 5) is 24.1. The Hall–Kier alpha value is -2.82. The van der Waals surface area contributed by atoms with E-state index in [-0.39, 0.29) is 18.9 Å². The van der Waals surface area contributed by atoms with Crippen LogP contribution in [-0.2, 0) is 9.59 Å². The zero-order valence-corrected chi connectivity index (χ0v) is 13.6. The highest BCUT2D eigenvalue weighted by Gasteiger charge is 2.12. The molecule has 1 N–H and O–H groups in total. The molecule has 1 amide bonds. The van der Waals surface area contributed by atoms with Gasteiger partial charge in [-0.1, -0.05) is 48.5 Å². The molecule has 126 valence electrons. The number of likely N-dealkylation sites (N-methyl/N-ethyl adjacent to an activating group) is 1. The second-order valence-corrected chi connectivity index (χ2v) is 5.46. The molecule has 0 saturated carbocycles. The molecule has 5 nitrogen and oxygen atoms in total. The van der Waals surface area contributed by atoms with Crippen molar-refractivity contribution in [3.63, 3.8) is 0 Å². The summed E-state index contributed by atoms with van der Waals surface area (Å²) in [5.41, 5.74) is 1.95. The average molecular weight is 327 g/mol. The number of aliphatic carboxylic acids is 1. The SMILES string of the molecule is CN(CCCC(=O)O)C(=O)COc1ccccc1-c1ccccc1. The van der Waals surface area contributed by atoms with Crippen LogP contribution in [0.4, 0.5) is 0 Å². The van der Waals surface area contributed by atoms with Gasteiger partial charge in [-0.25, -0.2) is 0 Å². The summed E-state index contributed by atoms with van der Waals surface area (Å²) in [7, 11) is 1.65. The monoisotopic (exact) mass is 327 g/mol. The topological polar surface area (TPSA) is 66.8 Å². The van der Waals surface area contributed by atoms with Gasteiger partial charge in [-0.15, -0.1) is 0 Å². The molecule has 5 heteroatoms. The highest BCUT2D eigenvalue weighted by atomic mass is 16.5. The van der Waals surface area contributed by atoms with Gasteiger partial charge in [0.25, 0.3) is 5.91 Å². The summed E-state index contributed by atoms with van der Waals surface area (Å²) < 4.78 is 5.69. The maximum atomic E-state index is 12.1. The van der Waals surface area contributed by atoms with Crippen molar-refractivity contribution in [3.8, 4) is 16.9 Å². The van der Waals surface area contributed by atoms with Crippen molar-refractivity contribution in [1.29, 1.82) is 0 Å². The third kappa shape index (κ3) is 5.12. The quantitative estimate of drug-likeness (QED) is 0.809. The molecule has 0 atom stereocenters. The van der Waals surface area contributed by atoms with E-state index in [1.807, 2.05) is 54.6 Å². The van der Waals surface area contributed by atoms with E-state index in [1.54, 1.807) is 7.05 Å². The van der Waals surface area contributed by atoms with E-state index >= 15 is 0 Å². The molecule has 0 fully saturated rings. The number of para-hydroxylation sites is 1. The fourth-order valence-electron chi connectivity index (χ4n) is 2.29. The van der Waals surface area contributed by atoms with Gasteiger partial charge in [-0.2, -0.15) is 0 Å². The summed E-state index contributed by atoms with van der Waals surface area (Å²) in [6, 6.07) is 17.4. The van der Waals surface area contributed by atoms with Crippen LogP contribution >= 0.6 is 0 Å². The normalized spacial score (nSPS) is 10.2. The molecule has 0 radical (unpaired) electrons. The van der Waals surface area contributed by atoms with E-state index in [9.17, 15) is 9.59 Å². The summed E-state index contributed by atoms with van der Waals surface area (Å²) in [5.74, 6) is -0.386. The van der Waals surface area contributed by atoms with Crippen molar-refractivity contribution >= 4 is 11.9 Å². The van der Waals surface area contributed by atoms with Gasteiger partial charge >= 0.3 is 5.97 Å². The Morgan fingerprint density at radius 3 is 2.42 bits per heavy atom. The second-order valence-electron chi connectivity index (χ2n) is 5.46. The van der Waals surface area contributed by atoms with Crippen LogP contribution in [-0.4, -0.2) is 42.1 Å². The van der Waals surface area contributed by atoms with E-state index in [0.29, 0.717) is 18.7 Å². The van der Waals surface area contributed by atoms with Gasteiger partial charge in [0.15, 0.2) is 6.61 Å². The first kappa shape index (κ1) is 17.5. The number of carboxylic acids is 1. The molecule has 0 aliphatic carbocycles. The fraction of sp³-hybridized carbons (Fsp3) is 0.263. The minimum Gasteiger partial charge on any atom is -0.483 e. The molecule has 2 aromatic rings. The van der Waals surface area contributed by atoms with Gasteiger partial charge in [0.1, 0.15) is 5.75 Å². The van der Waals surface area contributed by atoms with Crippen molar-refractivity contribution in [1.82, 2.24) is 4.90 Å². The lowest BCUT2D eigenvalue weighted by Crippen LogP contribution is -2.32. The van der Waals surface area contributed by atoms with Gasteiger partial charge in [-0.3, -0.25) is 9.59 Å². The van der Waals surface area contributed by atoms with Crippen molar-refractivity contribution in [2.75, 3.05) is 20.2 Å². The van der Waals surface area contributed by atoms with Crippen molar-refractivity contribution in [2.45, 2.75) is 12.8 Å². The van der Waals surface area contributed by atoms with Crippen LogP contribution in [0.1, 0.15) is 12.8 Å². The van der Waals surface area contributed by atoms with Gasteiger partial charge in [0, 0.05) is 25.6 Å². The largest absolute Gasteiger partial charge is 0.483 e. The number of hydrogen-bond acceptors (Lipinski definition) is 3. The molecule has 0 aliphatic rings. The zero-order chi connectivity index (χ0) is 17.4. The maximum absolute atomic E-state index is 12.1. The molecule has 0 aliphatic heterocycles. The summed E-state index contributed by atoms with van der Waals surface area (Å²) in [6.07, 6.45) is 0.480. The minimum absolute atomic E-state index is 0.0509. The predicted molar refractivity (Wildman–Crippen MR) is 91.9 cm³/mol. The Kier molecular flexibility index (Phi) is 6.37. The van der Waals surface area contributed by atoms with Crippen molar-refractivity contribution in [2.24, 2.45) is 0 Å². The molecular formula is C19H21NO4. The van der Waals surface area contributed by atoms with E-state index in [4.69, 9.17) is 9.84 Å². The molecule has 0 saturated heterocycles. The number of carbonyl (C=O) groups excluding carboxylic acids is 1. The molecular weight excluding hydrogens is 306 g/mol. The maximum Gasteiger partial charge on any atom is 0.303 e. The third-order valence-electron chi connectivity index (χ3n) is 3.63. The van der Waals surface area contributed by atoms with Crippen LogP contribution < -0.4 is 4.74 Å². The Labute approximate surface area is 141 Å². The number of nitrogens with zero attached hydrogens (tertiary/aromatic N) is 1. The number of carboxylic acid groups (broad SMARTS) is 1. The molecule has 0 aromatic heterocycles. The van der Waals surface area contributed by atoms with E-state index < -0.39 is 5.97 Å². The molecule has 2 aromatic carbocycles. The molecule has 0 bridgehead atoms. The lowest BCUT2D eigenvalue weighted by Gasteiger charge is -2.18. The van der Waals surface area contributed by atoms with Crippen LogP contribution in [0, 0.1) is 0 Å². The van der Waals surface area contributed by atoms with Crippen LogP contribution in [0.5, 0.6) is 5.75 Å². The summed E-state index contributed by atoms with van der Waals surface area (Å²) in [6.45, 7) is 0.322. The number of benzene rings is 2. The average Bonchev–Trinajstić information content (AvgIpc) is 2.60. The number of hydrogen-bond donors (Lipinski definition) is 1. The first-order valence-electron chi connectivity index (χ1n) is 7.81. The lowest BCUT2D eigenvalue weighted by molar-refractivity contribution is -0.138. The first-order chi connectivity index (χ1) is 11.6. The van der Waals surface area contributed by atoms with Gasteiger partial charge in [-0.05, 0) is 18.1 Å². The predicted octanol–water partition coefficient (Wildman–Crippen LogP) is 3.06. The van der Waals surface area contributed by atoms with Crippen molar-refractivity contribution in [3.05, 3.63) is 54.6 Å². The zero-order valence-electron chi connectivity index (χ0n) is 13.6. The van der Waals surface area contributed by atoms with Gasteiger partial charge < -0.3 is 14.7 Å².